The lowest BCUT2D eigenvalue weighted by Crippen LogP contribution is -2.10. The Bertz CT molecular complexity index is 387. The molecule has 0 amide bonds. The van der Waals surface area contributed by atoms with E-state index < -0.39 is 0 Å². The molecule has 1 heterocycles. The number of rotatable bonds is 3. The summed E-state index contributed by atoms with van der Waals surface area (Å²) < 4.78 is 0. The van der Waals surface area contributed by atoms with Gasteiger partial charge in [0, 0.05) is 12.8 Å². The molecule has 3 N–H and O–H groups in total. The monoisotopic (exact) mass is 211 g/mol. The van der Waals surface area contributed by atoms with Gasteiger partial charge in [0.25, 0.3) is 0 Å². The highest BCUT2D eigenvalue weighted by Gasteiger charge is 2.06. The van der Waals surface area contributed by atoms with E-state index in [1.165, 1.54) is 0 Å². The van der Waals surface area contributed by atoms with E-state index in [9.17, 15) is 0 Å². The van der Waals surface area contributed by atoms with Gasteiger partial charge >= 0.3 is 0 Å². The average Bonchev–Trinajstić information content (AvgIpc) is 2.46. The predicted octanol–water partition coefficient (Wildman–Crippen LogP) is 1.66. The first kappa shape index (κ1) is 10.5. The van der Waals surface area contributed by atoms with Crippen molar-refractivity contribution >= 4 is 23.3 Å². The highest BCUT2D eigenvalue weighted by atomic mass is 35.5. The number of aromatic amines is 1. The Kier molecular flexibility index (Phi) is 3.48. The second-order valence-electron chi connectivity index (χ2n) is 2.75. The van der Waals surface area contributed by atoms with Crippen LogP contribution in [0, 0.1) is 18.3 Å². The van der Waals surface area contributed by atoms with Crippen LogP contribution in [0.5, 0.6) is 0 Å². The van der Waals surface area contributed by atoms with Gasteiger partial charge in [-0.25, -0.2) is 4.99 Å². The van der Waals surface area contributed by atoms with E-state index in [4.69, 9.17) is 22.6 Å². The first-order valence-electron chi connectivity index (χ1n) is 4.05. The van der Waals surface area contributed by atoms with Crippen LogP contribution in [0.4, 0.5) is 5.82 Å². The van der Waals surface area contributed by atoms with Crippen LogP contribution in [0.15, 0.2) is 4.99 Å². The summed E-state index contributed by atoms with van der Waals surface area (Å²) in [5, 5.41) is 15.3. The molecule has 0 atom stereocenters. The number of amidine groups is 1. The molecule has 0 aliphatic rings. The van der Waals surface area contributed by atoms with Crippen LogP contribution >= 0.6 is 11.6 Å². The summed E-state index contributed by atoms with van der Waals surface area (Å²) in [5.74, 6) is 0.736. The third-order valence-corrected chi connectivity index (χ3v) is 2.05. The molecular weight excluding hydrogens is 202 g/mol. The highest BCUT2D eigenvalue weighted by Crippen LogP contribution is 2.24. The van der Waals surface area contributed by atoms with Crippen molar-refractivity contribution in [1.82, 2.24) is 10.2 Å². The van der Waals surface area contributed by atoms with Gasteiger partial charge in [0.2, 0.25) is 0 Å². The van der Waals surface area contributed by atoms with E-state index in [-0.39, 0.29) is 0 Å². The Hall–Kier alpha value is -1.54. The fourth-order valence-corrected chi connectivity index (χ4v) is 0.979. The quantitative estimate of drug-likeness (QED) is 0.589. The number of nitrogens with two attached hydrogens (primary N) is 1. The third-order valence-electron chi connectivity index (χ3n) is 1.60. The largest absolute Gasteiger partial charge is 0.387 e. The Balaban J connectivity index is 2.77. The first-order chi connectivity index (χ1) is 6.65. The molecule has 0 unspecified atom stereocenters. The number of aromatic nitrogens is 2. The lowest BCUT2D eigenvalue weighted by atomic mass is 10.3. The zero-order valence-electron chi connectivity index (χ0n) is 7.71. The number of halogens is 1. The fourth-order valence-electron chi connectivity index (χ4n) is 0.853. The Labute approximate surface area is 86.6 Å². The summed E-state index contributed by atoms with van der Waals surface area (Å²) in [6, 6.07) is 1.98. The van der Waals surface area contributed by atoms with Crippen LogP contribution < -0.4 is 5.73 Å². The van der Waals surface area contributed by atoms with E-state index in [1.807, 2.05) is 6.07 Å². The molecule has 1 rings (SSSR count). The van der Waals surface area contributed by atoms with Crippen LogP contribution in [0.1, 0.15) is 18.5 Å². The summed E-state index contributed by atoms with van der Waals surface area (Å²) in [6.45, 7) is 1.79. The molecule has 0 aliphatic carbocycles. The van der Waals surface area contributed by atoms with Crippen molar-refractivity contribution in [3.8, 4) is 6.07 Å². The zero-order valence-corrected chi connectivity index (χ0v) is 8.47. The van der Waals surface area contributed by atoms with Gasteiger partial charge in [0.15, 0.2) is 5.82 Å². The summed E-state index contributed by atoms with van der Waals surface area (Å²) >= 11 is 5.87. The van der Waals surface area contributed by atoms with E-state index >= 15 is 0 Å². The van der Waals surface area contributed by atoms with Gasteiger partial charge in [0.1, 0.15) is 10.9 Å². The number of aliphatic imine (C=N–C) groups is 1. The van der Waals surface area contributed by atoms with Gasteiger partial charge in [-0.2, -0.15) is 10.4 Å². The Morgan fingerprint density at radius 1 is 1.79 bits per heavy atom. The molecule has 1 aromatic heterocycles. The topological polar surface area (TPSA) is 90.8 Å². The van der Waals surface area contributed by atoms with Crippen molar-refractivity contribution in [2.24, 2.45) is 10.7 Å². The smallest absolute Gasteiger partial charge is 0.194 e. The van der Waals surface area contributed by atoms with E-state index in [1.54, 1.807) is 6.92 Å². The molecule has 74 valence electrons. The number of nitrogens with one attached hydrogen (secondary N) is 1. The fraction of sp³-hybridized carbons (Fsp3) is 0.375. The van der Waals surface area contributed by atoms with Crippen molar-refractivity contribution in [2.45, 2.75) is 19.8 Å². The van der Waals surface area contributed by atoms with Crippen LogP contribution in [0.3, 0.4) is 0 Å². The zero-order chi connectivity index (χ0) is 10.6. The molecule has 0 aliphatic heterocycles. The summed E-state index contributed by atoms with van der Waals surface area (Å²) in [5.41, 5.74) is 6.30. The molecule has 0 spiro atoms. The van der Waals surface area contributed by atoms with Crippen LogP contribution in [0.25, 0.3) is 0 Å². The summed E-state index contributed by atoms with van der Waals surface area (Å²) in [6.07, 6.45) is 0.773. The third kappa shape index (κ3) is 2.47. The summed E-state index contributed by atoms with van der Waals surface area (Å²) in [4.78, 5) is 3.99. The van der Waals surface area contributed by atoms with Crippen molar-refractivity contribution in [2.75, 3.05) is 0 Å². The maximum atomic E-state index is 8.33. The number of hydrogen-bond donors (Lipinski definition) is 2. The Morgan fingerprint density at radius 3 is 3.00 bits per heavy atom. The van der Waals surface area contributed by atoms with Gasteiger partial charge in [0.05, 0.1) is 11.8 Å². The lowest BCUT2D eigenvalue weighted by Gasteiger charge is -1.94. The maximum absolute atomic E-state index is 8.33. The molecule has 5 nitrogen and oxygen atoms in total. The van der Waals surface area contributed by atoms with Crippen molar-refractivity contribution in [3.05, 3.63) is 10.7 Å². The van der Waals surface area contributed by atoms with Gasteiger partial charge < -0.3 is 5.73 Å². The second-order valence-corrected chi connectivity index (χ2v) is 3.13. The molecule has 0 fully saturated rings. The van der Waals surface area contributed by atoms with E-state index in [2.05, 4.69) is 15.2 Å². The van der Waals surface area contributed by atoms with Crippen LogP contribution in [-0.4, -0.2) is 16.0 Å². The molecule has 0 bridgehead atoms. The molecule has 0 saturated heterocycles. The molecule has 0 aromatic carbocycles. The molecule has 0 saturated carbocycles. The molecule has 14 heavy (non-hydrogen) atoms. The molecule has 6 heteroatoms. The van der Waals surface area contributed by atoms with Gasteiger partial charge in [-0.05, 0) is 6.92 Å². The van der Waals surface area contributed by atoms with Crippen molar-refractivity contribution in [1.29, 1.82) is 5.26 Å². The minimum atomic E-state index is 0.344. The van der Waals surface area contributed by atoms with Crippen LogP contribution in [0.2, 0.25) is 5.02 Å². The number of aryl methyl sites for hydroxylation is 1. The summed E-state index contributed by atoms with van der Waals surface area (Å²) in [7, 11) is 0. The standard InChI is InChI=1S/C8H10ClN5/c1-5-7(9)8(14-13-5)12-6(11)3-2-4-10/h2-3H2,1H3,(H3,11,12,13,14). The number of nitriles is 1. The number of H-pyrrole nitrogens is 1. The van der Waals surface area contributed by atoms with Gasteiger partial charge in [-0.15, -0.1) is 0 Å². The second kappa shape index (κ2) is 4.63. The van der Waals surface area contributed by atoms with Gasteiger partial charge in [-0.1, -0.05) is 11.6 Å². The number of hydrogen-bond acceptors (Lipinski definition) is 3. The van der Waals surface area contributed by atoms with Gasteiger partial charge in [-0.3, -0.25) is 5.10 Å². The maximum Gasteiger partial charge on any atom is 0.194 e. The van der Waals surface area contributed by atoms with Crippen LogP contribution in [-0.2, 0) is 0 Å². The predicted molar refractivity (Wildman–Crippen MR) is 54.5 cm³/mol. The molecule has 1 aromatic rings. The van der Waals surface area contributed by atoms with Crippen molar-refractivity contribution in [3.63, 3.8) is 0 Å². The number of nitrogens with zero attached hydrogens (tertiary/aromatic N) is 3. The first-order valence-corrected chi connectivity index (χ1v) is 4.43. The van der Waals surface area contributed by atoms with Crippen molar-refractivity contribution < 1.29 is 0 Å². The lowest BCUT2D eigenvalue weighted by molar-refractivity contribution is 1.03. The SMILES string of the molecule is Cc1[nH]nc(N=C(N)CCC#N)c1Cl. The highest BCUT2D eigenvalue weighted by molar-refractivity contribution is 6.33. The van der Waals surface area contributed by atoms with E-state index in [0.29, 0.717) is 29.5 Å². The average molecular weight is 212 g/mol. The van der Waals surface area contributed by atoms with E-state index in [0.717, 1.165) is 5.69 Å². The minimum Gasteiger partial charge on any atom is -0.387 e. The molecule has 0 radical (unpaired) electrons. The minimum absolute atomic E-state index is 0.344. The Morgan fingerprint density at radius 2 is 2.50 bits per heavy atom. The molecular formula is C8H10ClN5. The normalized spacial score (nSPS) is 11.4.